The van der Waals surface area contributed by atoms with Crippen LogP contribution in [0.2, 0.25) is 0 Å². The van der Waals surface area contributed by atoms with E-state index in [1.165, 1.54) is 4.90 Å². The molecule has 0 unspecified atom stereocenters. The smallest absolute Gasteiger partial charge is 0.411 e. The van der Waals surface area contributed by atoms with Gasteiger partial charge < -0.3 is 24.3 Å². The van der Waals surface area contributed by atoms with Crippen molar-refractivity contribution in [2.24, 2.45) is 5.92 Å². The first kappa shape index (κ1) is 28.2. The molecule has 2 amide bonds. The number of aryl methyl sites for hydroxylation is 1. The van der Waals surface area contributed by atoms with Gasteiger partial charge in [-0.3, -0.25) is 14.7 Å². The standard InChI is InChI=1S/C29H37N3O7/c1-8-18-15-29(18,26(34)37-9-2)31-25(33)23-14-20(16-32(23)27(35)39-28(4,5)6)38-24-12-17(3)30-22-13-19(36-7)10-11-21(22)24/h8,10-13,18,20,23H,1,9,14-16H2,2-7H3,(H,31,33)/t18-,20+,23-,29-/m0/s1. The Balaban J connectivity index is 1.60. The number of carbonyl (C=O) groups is 3. The summed E-state index contributed by atoms with van der Waals surface area (Å²) < 4.78 is 22.6. The minimum atomic E-state index is -1.18. The van der Waals surface area contributed by atoms with Crippen LogP contribution in [0.5, 0.6) is 11.5 Å². The molecule has 210 valence electrons. The molecule has 0 spiro atoms. The van der Waals surface area contributed by atoms with Crippen LogP contribution in [0.25, 0.3) is 10.9 Å². The third kappa shape index (κ3) is 5.94. The van der Waals surface area contributed by atoms with Crippen molar-refractivity contribution in [2.45, 2.75) is 70.7 Å². The van der Waals surface area contributed by atoms with Crippen molar-refractivity contribution in [3.63, 3.8) is 0 Å². The summed E-state index contributed by atoms with van der Waals surface area (Å²) in [6.07, 6.45) is 1.10. The molecular weight excluding hydrogens is 502 g/mol. The number of nitrogens with zero attached hydrogens (tertiary/aromatic N) is 2. The van der Waals surface area contributed by atoms with E-state index >= 15 is 0 Å². The largest absolute Gasteiger partial charge is 0.497 e. The number of amides is 2. The van der Waals surface area contributed by atoms with Crippen LogP contribution >= 0.6 is 0 Å². The summed E-state index contributed by atoms with van der Waals surface area (Å²) in [5.41, 5.74) is -0.473. The molecule has 1 N–H and O–H groups in total. The van der Waals surface area contributed by atoms with Crippen LogP contribution in [-0.2, 0) is 19.1 Å². The summed E-state index contributed by atoms with van der Waals surface area (Å²) >= 11 is 0. The van der Waals surface area contributed by atoms with Gasteiger partial charge in [-0.15, -0.1) is 6.58 Å². The van der Waals surface area contributed by atoms with E-state index in [1.54, 1.807) is 40.9 Å². The summed E-state index contributed by atoms with van der Waals surface area (Å²) in [7, 11) is 1.59. The number of ether oxygens (including phenoxy) is 4. The summed E-state index contributed by atoms with van der Waals surface area (Å²) in [6, 6.07) is 6.44. The fourth-order valence-corrected chi connectivity index (χ4v) is 4.92. The maximum absolute atomic E-state index is 13.6. The van der Waals surface area contributed by atoms with Crippen LogP contribution in [0.4, 0.5) is 4.79 Å². The molecular formula is C29H37N3O7. The van der Waals surface area contributed by atoms with Crippen LogP contribution in [0, 0.1) is 12.8 Å². The second kappa shape index (κ2) is 10.7. The topological polar surface area (TPSA) is 116 Å². The highest BCUT2D eigenvalue weighted by Gasteiger charge is 2.62. The van der Waals surface area contributed by atoms with E-state index in [-0.39, 0.29) is 25.5 Å². The van der Waals surface area contributed by atoms with Gasteiger partial charge in [-0.2, -0.15) is 0 Å². The minimum absolute atomic E-state index is 0.128. The molecule has 4 rings (SSSR count). The fourth-order valence-electron chi connectivity index (χ4n) is 4.92. The van der Waals surface area contributed by atoms with Crippen molar-refractivity contribution in [2.75, 3.05) is 20.3 Å². The molecule has 1 aliphatic carbocycles. The SMILES string of the molecule is C=C[C@H]1C[C@@]1(NC(=O)[C@@H]1C[C@@H](Oc2cc(C)nc3cc(OC)ccc23)CN1C(=O)OC(C)(C)C)C(=O)OCC. The van der Waals surface area contributed by atoms with Crippen LogP contribution in [0.1, 0.15) is 46.2 Å². The van der Waals surface area contributed by atoms with Crippen molar-refractivity contribution >= 4 is 28.9 Å². The van der Waals surface area contributed by atoms with Gasteiger partial charge in [0.25, 0.3) is 0 Å². The first-order valence-corrected chi connectivity index (χ1v) is 13.1. The first-order chi connectivity index (χ1) is 18.4. The van der Waals surface area contributed by atoms with E-state index in [0.717, 1.165) is 11.1 Å². The van der Waals surface area contributed by atoms with E-state index in [4.69, 9.17) is 18.9 Å². The highest BCUT2D eigenvalue weighted by molar-refractivity contribution is 5.95. The van der Waals surface area contributed by atoms with E-state index in [2.05, 4.69) is 16.9 Å². The van der Waals surface area contributed by atoms with Crippen LogP contribution in [0.3, 0.4) is 0 Å². The molecule has 1 aromatic heterocycles. The Labute approximate surface area is 228 Å². The Kier molecular flexibility index (Phi) is 7.77. The average Bonchev–Trinajstić information content (AvgIpc) is 3.41. The summed E-state index contributed by atoms with van der Waals surface area (Å²) in [5, 5.41) is 3.65. The number of nitrogens with one attached hydrogen (secondary N) is 1. The molecule has 10 nitrogen and oxygen atoms in total. The number of benzene rings is 1. The number of carbonyl (C=O) groups excluding carboxylic acids is 3. The van der Waals surface area contributed by atoms with E-state index in [9.17, 15) is 14.4 Å². The highest BCUT2D eigenvalue weighted by Crippen LogP contribution is 2.45. The maximum Gasteiger partial charge on any atom is 0.411 e. The van der Waals surface area contributed by atoms with E-state index in [0.29, 0.717) is 23.4 Å². The lowest BCUT2D eigenvalue weighted by Gasteiger charge is -2.28. The Bertz CT molecular complexity index is 1290. The molecule has 2 heterocycles. The molecule has 2 aliphatic rings. The number of hydrogen-bond acceptors (Lipinski definition) is 8. The second-order valence-electron chi connectivity index (χ2n) is 11.0. The molecule has 1 aromatic carbocycles. The molecule has 2 aromatic rings. The van der Waals surface area contributed by atoms with Gasteiger partial charge in [0.05, 0.1) is 25.8 Å². The fraction of sp³-hybridized carbons (Fsp3) is 0.517. The van der Waals surface area contributed by atoms with Crippen molar-refractivity contribution < 1.29 is 33.3 Å². The first-order valence-electron chi connectivity index (χ1n) is 13.1. The number of aromatic nitrogens is 1. The number of likely N-dealkylation sites (tertiary alicyclic amines) is 1. The number of pyridine rings is 1. The molecule has 10 heteroatoms. The van der Waals surface area contributed by atoms with Crippen molar-refractivity contribution in [1.29, 1.82) is 0 Å². The van der Waals surface area contributed by atoms with Gasteiger partial charge in [-0.25, -0.2) is 9.59 Å². The van der Waals surface area contributed by atoms with Crippen molar-refractivity contribution in [3.05, 3.63) is 42.6 Å². The second-order valence-corrected chi connectivity index (χ2v) is 11.0. The molecule has 2 fully saturated rings. The zero-order valence-electron chi connectivity index (χ0n) is 23.4. The molecule has 39 heavy (non-hydrogen) atoms. The Morgan fingerprint density at radius 1 is 1.26 bits per heavy atom. The molecule has 1 saturated heterocycles. The maximum atomic E-state index is 13.6. The van der Waals surface area contributed by atoms with Gasteiger partial charge in [-0.05, 0) is 53.2 Å². The van der Waals surface area contributed by atoms with Gasteiger partial charge in [0.1, 0.15) is 34.8 Å². The van der Waals surface area contributed by atoms with E-state index < -0.39 is 41.3 Å². The summed E-state index contributed by atoms with van der Waals surface area (Å²) in [5.74, 6) is 0.0462. The number of methoxy groups -OCH3 is 1. The lowest BCUT2D eigenvalue weighted by molar-refractivity contribution is -0.149. The normalized spacial score (nSPS) is 24.2. The van der Waals surface area contributed by atoms with E-state index in [1.807, 2.05) is 31.2 Å². The van der Waals surface area contributed by atoms with Crippen LogP contribution in [-0.4, -0.2) is 71.4 Å². The predicted molar refractivity (Wildman–Crippen MR) is 145 cm³/mol. The van der Waals surface area contributed by atoms with Gasteiger partial charge in [0.15, 0.2) is 0 Å². The number of hydrogen-bond donors (Lipinski definition) is 1. The van der Waals surface area contributed by atoms with Crippen LogP contribution in [0.15, 0.2) is 36.9 Å². The van der Waals surface area contributed by atoms with Crippen molar-refractivity contribution in [1.82, 2.24) is 15.2 Å². The zero-order valence-corrected chi connectivity index (χ0v) is 23.4. The van der Waals surface area contributed by atoms with Gasteiger partial charge >= 0.3 is 12.1 Å². The molecule has 0 bridgehead atoms. The predicted octanol–water partition coefficient (Wildman–Crippen LogP) is 3.93. The zero-order chi connectivity index (χ0) is 28.5. The molecule has 1 aliphatic heterocycles. The molecule has 0 radical (unpaired) electrons. The minimum Gasteiger partial charge on any atom is -0.497 e. The highest BCUT2D eigenvalue weighted by atomic mass is 16.6. The van der Waals surface area contributed by atoms with Crippen molar-refractivity contribution in [3.8, 4) is 11.5 Å². The molecule has 4 atom stereocenters. The Morgan fingerprint density at radius 3 is 2.62 bits per heavy atom. The lowest BCUT2D eigenvalue weighted by atomic mass is 10.1. The van der Waals surface area contributed by atoms with Gasteiger partial charge in [0, 0.05) is 35.6 Å². The van der Waals surface area contributed by atoms with Gasteiger partial charge in [-0.1, -0.05) is 6.08 Å². The lowest BCUT2D eigenvalue weighted by Crippen LogP contribution is -2.53. The number of rotatable bonds is 8. The monoisotopic (exact) mass is 539 g/mol. The van der Waals surface area contributed by atoms with Crippen LogP contribution < -0.4 is 14.8 Å². The summed E-state index contributed by atoms with van der Waals surface area (Å²) in [4.78, 5) is 45.5. The Hall–Kier alpha value is -3.82. The number of fused-ring (bicyclic) bond motifs is 1. The quantitative estimate of drug-likeness (QED) is 0.396. The molecule has 1 saturated carbocycles. The van der Waals surface area contributed by atoms with Gasteiger partial charge in [0.2, 0.25) is 5.91 Å². The summed E-state index contributed by atoms with van der Waals surface area (Å²) in [6.45, 7) is 13.0. The number of esters is 1. The third-order valence-electron chi connectivity index (χ3n) is 6.88. The third-order valence-corrected chi connectivity index (χ3v) is 6.88. The Morgan fingerprint density at radius 2 is 2.00 bits per heavy atom. The average molecular weight is 540 g/mol.